The Labute approximate surface area is 175 Å². The summed E-state index contributed by atoms with van der Waals surface area (Å²) in [5.74, 6) is 0.601. The van der Waals surface area contributed by atoms with Gasteiger partial charge in [-0.2, -0.15) is 13.2 Å². The molecule has 1 unspecified atom stereocenters. The molecule has 1 aromatic rings. The van der Waals surface area contributed by atoms with Crippen molar-refractivity contribution < 1.29 is 22.6 Å². The summed E-state index contributed by atoms with van der Waals surface area (Å²) in [7, 11) is 1.65. The van der Waals surface area contributed by atoms with Crippen LogP contribution >= 0.6 is 24.0 Å². The van der Waals surface area contributed by atoms with E-state index in [4.69, 9.17) is 9.47 Å². The third kappa shape index (κ3) is 9.11. The molecule has 0 saturated carbocycles. The second kappa shape index (κ2) is 12.4. The van der Waals surface area contributed by atoms with E-state index in [0.717, 1.165) is 43.6 Å². The van der Waals surface area contributed by atoms with E-state index >= 15 is 0 Å². The Morgan fingerprint density at radius 3 is 2.59 bits per heavy atom. The smallest absolute Gasteiger partial charge is 0.379 e. The van der Waals surface area contributed by atoms with Gasteiger partial charge < -0.3 is 20.1 Å². The molecule has 2 rings (SSSR count). The first-order valence-corrected chi connectivity index (χ1v) is 8.79. The molecule has 27 heavy (non-hydrogen) atoms. The van der Waals surface area contributed by atoms with Crippen molar-refractivity contribution in [2.24, 2.45) is 4.99 Å². The molecular formula is C18H27F3IN3O2. The highest BCUT2D eigenvalue weighted by Gasteiger charge is 2.29. The number of ether oxygens (including phenoxy) is 2. The van der Waals surface area contributed by atoms with Crippen molar-refractivity contribution in [2.75, 3.05) is 33.4 Å². The van der Waals surface area contributed by atoms with E-state index in [2.05, 4.69) is 15.6 Å². The monoisotopic (exact) mass is 501 g/mol. The van der Waals surface area contributed by atoms with Gasteiger partial charge in [-0.3, -0.25) is 4.99 Å². The molecule has 0 bridgehead atoms. The largest absolute Gasteiger partial charge is 0.416 e. The van der Waals surface area contributed by atoms with E-state index in [1.54, 1.807) is 7.05 Å². The molecule has 0 aromatic heterocycles. The van der Waals surface area contributed by atoms with Gasteiger partial charge in [0, 0.05) is 33.4 Å². The summed E-state index contributed by atoms with van der Waals surface area (Å²) >= 11 is 0. The quantitative estimate of drug-likeness (QED) is 0.248. The van der Waals surface area contributed by atoms with E-state index in [1.807, 2.05) is 0 Å². The maximum atomic E-state index is 12.5. The van der Waals surface area contributed by atoms with Crippen LogP contribution in [0.2, 0.25) is 0 Å². The van der Waals surface area contributed by atoms with Crippen LogP contribution in [0.1, 0.15) is 30.4 Å². The molecule has 1 fully saturated rings. The Morgan fingerprint density at radius 1 is 1.26 bits per heavy atom. The lowest BCUT2D eigenvalue weighted by atomic mass is 10.1. The van der Waals surface area contributed by atoms with Gasteiger partial charge >= 0.3 is 6.18 Å². The van der Waals surface area contributed by atoms with Gasteiger partial charge in [0.25, 0.3) is 0 Å². The van der Waals surface area contributed by atoms with E-state index in [-0.39, 0.29) is 30.1 Å². The Balaban J connectivity index is 0.00000364. The Morgan fingerprint density at radius 2 is 2.00 bits per heavy atom. The Hall–Kier alpha value is -1.07. The van der Waals surface area contributed by atoms with Crippen molar-refractivity contribution in [3.8, 4) is 0 Å². The highest BCUT2D eigenvalue weighted by molar-refractivity contribution is 14.0. The van der Waals surface area contributed by atoms with Gasteiger partial charge in [-0.1, -0.05) is 12.1 Å². The first kappa shape index (κ1) is 24.0. The van der Waals surface area contributed by atoms with Crippen molar-refractivity contribution >= 4 is 29.9 Å². The van der Waals surface area contributed by atoms with Crippen LogP contribution in [0.15, 0.2) is 29.3 Å². The molecule has 154 valence electrons. The van der Waals surface area contributed by atoms with Crippen LogP contribution in [0.5, 0.6) is 0 Å². The summed E-state index contributed by atoms with van der Waals surface area (Å²) in [5.41, 5.74) is 0.104. The molecule has 5 nitrogen and oxygen atoms in total. The number of hydrogen-bond acceptors (Lipinski definition) is 3. The van der Waals surface area contributed by atoms with Crippen LogP contribution < -0.4 is 10.6 Å². The van der Waals surface area contributed by atoms with Gasteiger partial charge in [-0.25, -0.2) is 0 Å². The molecular weight excluding hydrogens is 474 g/mol. The van der Waals surface area contributed by atoms with Crippen molar-refractivity contribution in [1.29, 1.82) is 0 Å². The first-order chi connectivity index (χ1) is 12.5. The van der Waals surface area contributed by atoms with Crippen molar-refractivity contribution in [3.63, 3.8) is 0 Å². The normalized spacial score (nSPS) is 17.5. The van der Waals surface area contributed by atoms with Crippen LogP contribution in [0.25, 0.3) is 0 Å². The van der Waals surface area contributed by atoms with E-state index in [1.165, 1.54) is 12.1 Å². The fourth-order valence-corrected chi connectivity index (χ4v) is 2.59. The molecule has 1 aliphatic rings. The van der Waals surface area contributed by atoms with Crippen molar-refractivity contribution in [1.82, 2.24) is 10.6 Å². The van der Waals surface area contributed by atoms with Crippen molar-refractivity contribution in [3.05, 3.63) is 35.4 Å². The number of nitrogens with one attached hydrogen (secondary N) is 2. The van der Waals surface area contributed by atoms with Gasteiger partial charge in [0.2, 0.25) is 0 Å². The van der Waals surface area contributed by atoms with Gasteiger partial charge in [0.05, 0.1) is 18.3 Å². The number of benzene rings is 1. The topological polar surface area (TPSA) is 54.9 Å². The van der Waals surface area contributed by atoms with Gasteiger partial charge in [0.1, 0.15) is 0 Å². The van der Waals surface area contributed by atoms with Crippen LogP contribution in [-0.2, 0) is 22.2 Å². The predicted molar refractivity (Wildman–Crippen MR) is 109 cm³/mol. The second-order valence-corrected chi connectivity index (χ2v) is 6.11. The molecule has 0 spiro atoms. The molecule has 1 saturated heterocycles. The van der Waals surface area contributed by atoms with Gasteiger partial charge in [-0.15, -0.1) is 24.0 Å². The third-order valence-corrected chi connectivity index (χ3v) is 4.05. The SMILES string of the molecule is CN=C(NCCCOCC1CCCO1)NCc1ccc(C(F)(F)F)cc1.I. The summed E-state index contributed by atoms with van der Waals surface area (Å²) < 4.78 is 48.7. The highest BCUT2D eigenvalue weighted by Crippen LogP contribution is 2.29. The predicted octanol–water partition coefficient (Wildman–Crippen LogP) is 3.57. The standard InChI is InChI=1S/C18H26F3N3O2.HI/c1-22-17(23-9-3-10-25-13-16-4-2-11-26-16)24-12-14-5-7-15(8-6-14)18(19,20)21;/h5-8,16H,2-4,9-13H2,1H3,(H2,22,23,24);1H. The number of nitrogens with zero attached hydrogens (tertiary/aromatic N) is 1. The summed E-state index contributed by atoms with van der Waals surface area (Å²) in [4.78, 5) is 4.09. The fraction of sp³-hybridized carbons (Fsp3) is 0.611. The molecule has 2 N–H and O–H groups in total. The number of rotatable bonds is 8. The number of guanidine groups is 1. The first-order valence-electron chi connectivity index (χ1n) is 8.79. The maximum absolute atomic E-state index is 12.5. The number of alkyl halides is 3. The molecule has 0 radical (unpaired) electrons. The van der Waals surface area contributed by atoms with E-state index < -0.39 is 11.7 Å². The zero-order chi connectivity index (χ0) is 18.8. The lowest BCUT2D eigenvalue weighted by molar-refractivity contribution is -0.137. The Kier molecular flexibility index (Phi) is 11.0. The fourth-order valence-electron chi connectivity index (χ4n) is 2.59. The van der Waals surface area contributed by atoms with Gasteiger partial charge in [0.15, 0.2) is 5.96 Å². The molecule has 0 aliphatic carbocycles. The van der Waals surface area contributed by atoms with Crippen LogP contribution in [0, 0.1) is 0 Å². The summed E-state index contributed by atoms with van der Waals surface area (Å²) in [5, 5.41) is 6.23. The lowest BCUT2D eigenvalue weighted by Gasteiger charge is -2.13. The average molecular weight is 501 g/mol. The number of hydrogen-bond donors (Lipinski definition) is 2. The molecule has 1 atom stereocenters. The van der Waals surface area contributed by atoms with Crippen molar-refractivity contribution in [2.45, 2.75) is 38.1 Å². The summed E-state index contributed by atoms with van der Waals surface area (Å²) in [6.07, 6.45) is -1.07. The summed E-state index contributed by atoms with van der Waals surface area (Å²) in [6, 6.07) is 5.08. The maximum Gasteiger partial charge on any atom is 0.416 e. The average Bonchev–Trinajstić information content (AvgIpc) is 3.13. The zero-order valence-electron chi connectivity index (χ0n) is 15.3. The van der Waals surface area contributed by atoms with Gasteiger partial charge in [-0.05, 0) is 37.0 Å². The Bertz CT molecular complexity index is 562. The van der Waals surface area contributed by atoms with Crippen LogP contribution in [0.3, 0.4) is 0 Å². The molecule has 0 amide bonds. The number of halogens is 4. The van der Waals surface area contributed by atoms with Crippen LogP contribution in [-0.4, -0.2) is 45.5 Å². The minimum atomic E-state index is -4.31. The highest BCUT2D eigenvalue weighted by atomic mass is 127. The van der Waals surface area contributed by atoms with Crippen LogP contribution in [0.4, 0.5) is 13.2 Å². The minimum Gasteiger partial charge on any atom is -0.379 e. The van der Waals surface area contributed by atoms with E-state index in [0.29, 0.717) is 32.3 Å². The lowest BCUT2D eigenvalue weighted by Crippen LogP contribution is -2.37. The molecule has 9 heteroatoms. The number of aliphatic imine (C=N–C) groups is 1. The second-order valence-electron chi connectivity index (χ2n) is 6.11. The third-order valence-electron chi connectivity index (χ3n) is 4.05. The molecule has 1 aromatic carbocycles. The molecule has 1 heterocycles. The van der Waals surface area contributed by atoms with E-state index in [9.17, 15) is 13.2 Å². The summed E-state index contributed by atoms with van der Waals surface area (Å²) in [6.45, 7) is 3.20. The molecule has 1 aliphatic heterocycles. The zero-order valence-corrected chi connectivity index (χ0v) is 17.7. The minimum absolute atomic E-state index is 0.